The standard InChI is InChI=1S/C20H33N3O2Si/c1-7-8-9-19-21-14-17(20-18(24-3)11-10-16(2)22-20)23(19)15-25-12-13-26(4,5)6/h10-11,14H,7-9,12-13,15H2,1-6H3. The van der Waals surface area contributed by atoms with Crippen molar-refractivity contribution in [3.63, 3.8) is 0 Å². The molecule has 0 aliphatic rings. The molecule has 0 saturated carbocycles. The second kappa shape index (κ2) is 9.32. The van der Waals surface area contributed by atoms with Crippen LogP contribution in [0.2, 0.25) is 25.7 Å². The highest BCUT2D eigenvalue weighted by molar-refractivity contribution is 6.76. The lowest BCUT2D eigenvalue weighted by atomic mass is 10.2. The number of nitrogens with zero attached hydrogens (tertiary/aromatic N) is 3. The van der Waals surface area contributed by atoms with E-state index < -0.39 is 8.07 Å². The van der Waals surface area contributed by atoms with Gasteiger partial charge in [-0.2, -0.15) is 0 Å². The van der Waals surface area contributed by atoms with Crippen LogP contribution in [-0.2, 0) is 17.9 Å². The minimum atomic E-state index is -1.10. The number of pyridine rings is 1. The monoisotopic (exact) mass is 375 g/mol. The van der Waals surface area contributed by atoms with Crippen LogP contribution in [-0.4, -0.2) is 36.3 Å². The van der Waals surface area contributed by atoms with Gasteiger partial charge in [-0.25, -0.2) is 9.97 Å². The van der Waals surface area contributed by atoms with E-state index in [0.29, 0.717) is 6.73 Å². The first-order chi connectivity index (χ1) is 12.4. The Labute approximate surface area is 158 Å². The van der Waals surface area contributed by atoms with Gasteiger partial charge in [-0.05, 0) is 31.5 Å². The fourth-order valence-electron chi connectivity index (χ4n) is 2.71. The van der Waals surface area contributed by atoms with E-state index in [9.17, 15) is 0 Å². The third-order valence-corrected chi connectivity index (χ3v) is 6.07. The molecule has 0 atom stereocenters. The zero-order valence-electron chi connectivity index (χ0n) is 17.1. The minimum absolute atomic E-state index is 0.512. The number of aryl methyl sites for hydroxylation is 2. The summed E-state index contributed by atoms with van der Waals surface area (Å²) in [4.78, 5) is 9.36. The summed E-state index contributed by atoms with van der Waals surface area (Å²) in [5.74, 6) is 1.82. The second-order valence-electron chi connectivity index (χ2n) is 7.94. The van der Waals surface area contributed by atoms with E-state index in [-0.39, 0.29) is 0 Å². The zero-order chi connectivity index (χ0) is 19.2. The summed E-state index contributed by atoms with van der Waals surface area (Å²) < 4.78 is 13.7. The second-order valence-corrected chi connectivity index (χ2v) is 13.6. The maximum atomic E-state index is 6.03. The average molecular weight is 376 g/mol. The van der Waals surface area contributed by atoms with Crippen LogP contribution >= 0.6 is 0 Å². The third-order valence-electron chi connectivity index (χ3n) is 4.37. The van der Waals surface area contributed by atoms with Crippen molar-refractivity contribution in [1.29, 1.82) is 0 Å². The molecule has 26 heavy (non-hydrogen) atoms. The first-order valence-corrected chi connectivity index (χ1v) is 13.2. The van der Waals surface area contributed by atoms with Gasteiger partial charge < -0.3 is 14.0 Å². The first-order valence-electron chi connectivity index (χ1n) is 9.50. The van der Waals surface area contributed by atoms with Crippen molar-refractivity contribution in [3.05, 3.63) is 29.8 Å². The molecule has 0 aromatic carbocycles. The van der Waals surface area contributed by atoms with Crippen molar-refractivity contribution in [2.45, 2.75) is 65.5 Å². The lowest BCUT2D eigenvalue weighted by Crippen LogP contribution is -2.22. The molecule has 0 bridgehead atoms. The Bertz CT molecular complexity index is 708. The maximum Gasteiger partial charge on any atom is 0.146 e. The van der Waals surface area contributed by atoms with E-state index in [2.05, 4.69) is 36.1 Å². The van der Waals surface area contributed by atoms with Crippen molar-refractivity contribution in [1.82, 2.24) is 14.5 Å². The summed E-state index contributed by atoms with van der Waals surface area (Å²) in [6, 6.07) is 5.09. The lowest BCUT2D eigenvalue weighted by Gasteiger charge is -2.17. The highest BCUT2D eigenvalue weighted by atomic mass is 28.3. The van der Waals surface area contributed by atoms with E-state index in [0.717, 1.165) is 60.6 Å². The summed E-state index contributed by atoms with van der Waals surface area (Å²) in [5.41, 5.74) is 2.75. The first kappa shape index (κ1) is 20.6. The largest absolute Gasteiger partial charge is 0.494 e. The number of methoxy groups -OCH3 is 1. The van der Waals surface area contributed by atoms with Crippen LogP contribution in [0.25, 0.3) is 11.4 Å². The van der Waals surface area contributed by atoms with Gasteiger partial charge in [0.05, 0.1) is 19.0 Å². The molecule has 144 valence electrons. The highest BCUT2D eigenvalue weighted by Crippen LogP contribution is 2.29. The Morgan fingerprint density at radius 1 is 1.19 bits per heavy atom. The molecule has 0 N–H and O–H groups in total. The van der Waals surface area contributed by atoms with E-state index >= 15 is 0 Å². The van der Waals surface area contributed by atoms with E-state index in [1.807, 2.05) is 25.3 Å². The number of unbranched alkanes of at least 4 members (excludes halogenated alkanes) is 1. The SMILES string of the molecule is CCCCc1ncc(-c2nc(C)ccc2OC)n1COCC[Si](C)(C)C. The molecule has 0 aliphatic heterocycles. The van der Waals surface area contributed by atoms with Crippen molar-refractivity contribution in [3.8, 4) is 17.1 Å². The van der Waals surface area contributed by atoms with Crippen LogP contribution in [0.4, 0.5) is 0 Å². The van der Waals surface area contributed by atoms with Gasteiger partial charge in [0.1, 0.15) is 24.0 Å². The van der Waals surface area contributed by atoms with Gasteiger partial charge in [-0.1, -0.05) is 33.0 Å². The predicted molar refractivity (Wildman–Crippen MR) is 109 cm³/mol. The molecule has 2 aromatic rings. The van der Waals surface area contributed by atoms with Gasteiger partial charge in [0.25, 0.3) is 0 Å². The molecule has 0 radical (unpaired) electrons. The quantitative estimate of drug-likeness (QED) is 0.437. The van der Waals surface area contributed by atoms with Gasteiger partial charge in [0, 0.05) is 26.8 Å². The maximum absolute atomic E-state index is 6.03. The summed E-state index contributed by atoms with van der Waals surface area (Å²) >= 11 is 0. The molecule has 2 rings (SSSR count). The Balaban J connectivity index is 2.28. The number of hydrogen-bond donors (Lipinski definition) is 0. The summed E-state index contributed by atoms with van der Waals surface area (Å²) in [6.07, 6.45) is 5.10. The molecule has 0 amide bonds. The van der Waals surface area contributed by atoms with Crippen molar-refractivity contribution in [2.75, 3.05) is 13.7 Å². The van der Waals surface area contributed by atoms with Crippen LogP contribution in [0.3, 0.4) is 0 Å². The number of hydrogen-bond acceptors (Lipinski definition) is 4. The Hall–Kier alpha value is -1.66. The zero-order valence-corrected chi connectivity index (χ0v) is 18.1. The number of rotatable bonds is 10. The Morgan fingerprint density at radius 2 is 1.96 bits per heavy atom. The average Bonchev–Trinajstić information content (AvgIpc) is 2.98. The lowest BCUT2D eigenvalue weighted by molar-refractivity contribution is 0.0860. The molecule has 6 heteroatoms. The fraction of sp³-hybridized carbons (Fsp3) is 0.600. The summed E-state index contributed by atoms with van der Waals surface area (Å²) in [6.45, 7) is 12.6. The van der Waals surface area contributed by atoms with Gasteiger partial charge in [0.2, 0.25) is 0 Å². The Morgan fingerprint density at radius 3 is 2.62 bits per heavy atom. The summed E-state index contributed by atoms with van der Waals surface area (Å²) in [5, 5.41) is 0. The van der Waals surface area contributed by atoms with E-state index in [1.165, 1.54) is 0 Å². The number of ether oxygens (including phenoxy) is 2. The van der Waals surface area contributed by atoms with Crippen LogP contribution in [0.15, 0.2) is 18.3 Å². The van der Waals surface area contributed by atoms with E-state index in [1.54, 1.807) is 7.11 Å². The van der Waals surface area contributed by atoms with Crippen molar-refractivity contribution < 1.29 is 9.47 Å². The predicted octanol–water partition coefficient (Wildman–Crippen LogP) is 4.92. The molecule has 0 unspecified atom stereocenters. The molecular weight excluding hydrogens is 342 g/mol. The molecular formula is C20H33N3O2Si. The minimum Gasteiger partial charge on any atom is -0.494 e. The molecule has 0 spiro atoms. The fourth-order valence-corrected chi connectivity index (χ4v) is 3.46. The van der Waals surface area contributed by atoms with E-state index in [4.69, 9.17) is 14.5 Å². The molecule has 0 fully saturated rings. The molecule has 5 nitrogen and oxygen atoms in total. The van der Waals surface area contributed by atoms with Crippen molar-refractivity contribution in [2.24, 2.45) is 0 Å². The molecule has 0 aliphatic carbocycles. The topological polar surface area (TPSA) is 49.2 Å². The smallest absolute Gasteiger partial charge is 0.146 e. The van der Waals surface area contributed by atoms with Crippen molar-refractivity contribution >= 4 is 8.07 Å². The van der Waals surface area contributed by atoms with Crippen LogP contribution in [0.5, 0.6) is 5.75 Å². The summed E-state index contributed by atoms with van der Waals surface area (Å²) in [7, 11) is 0.584. The van der Waals surface area contributed by atoms with Crippen LogP contribution < -0.4 is 4.74 Å². The third kappa shape index (κ3) is 5.67. The molecule has 0 saturated heterocycles. The number of aromatic nitrogens is 3. The molecule has 2 heterocycles. The van der Waals surface area contributed by atoms with Gasteiger partial charge in [-0.3, -0.25) is 0 Å². The van der Waals surface area contributed by atoms with Crippen LogP contribution in [0.1, 0.15) is 31.3 Å². The van der Waals surface area contributed by atoms with Gasteiger partial charge in [-0.15, -0.1) is 0 Å². The highest BCUT2D eigenvalue weighted by Gasteiger charge is 2.18. The molecule has 2 aromatic heterocycles. The number of imidazole rings is 1. The Kier molecular flexibility index (Phi) is 7.40. The van der Waals surface area contributed by atoms with Gasteiger partial charge in [0.15, 0.2) is 0 Å². The normalized spacial score (nSPS) is 11.8. The van der Waals surface area contributed by atoms with Crippen LogP contribution in [0, 0.1) is 6.92 Å². The van der Waals surface area contributed by atoms with Gasteiger partial charge >= 0.3 is 0 Å².